The van der Waals surface area contributed by atoms with E-state index in [-0.39, 0.29) is 17.7 Å². The second kappa shape index (κ2) is 6.47. The number of carboxylic acids is 1. The van der Waals surface area contributed by atoms with Crippen LogP contribution in [0.25, 0.3) is 0 Å². The smallest absolute Gasteiger partial charge is 0.306 e. The van der Waals surface area contributed by atoms with Gasteiger partial charge in [0.1, 0.15) is 0 Å². The normalized spacial score (nSPS) is 22.4. The lowest BCUT2D eigenvalue weighted by Crippen LogP contribution is -2.25. The summed E-state index contributed by atoms with van der Waals surface area (Å²) in [5.74, 6) is -0.965. The molecule has 0 spiro atoms. The first-order valence-electron chi connectivity index (χ1n) is 6.64. The Morgan fingerprint density at radius 1 is 1.25 bits per heavy atom. The lowest BCUT2D eigenvalue weighted by Gasteiger charge is -2.26. The summed E-state index contributed by atoms with van der Waals surface area (Å²) < 4.78 is 5.73. The molecule has 0 unspecified atom stereocenters. The van der Waals surface area contributed by atoms with Crippen LogP contribution in [0.3, 0.4) is 0 Å². The van der Waals surface area contributed by atoms with Crippen molar-refractivity contribution < 1.29 is 19.6 Å². The molecule has 0 heterocycles. The third-order valence-electron chi connectivity index (χ3n) is 3.66. The maximum Gasteiger partial charge on any atom is 0.306 e. The van der Waals surface area contributed by atoms with Crippen LogP contribution in [0.5, 0.6) is 0 Å². The van der Waals surface area contributed by atoms with Crippen LogP contribution in [0.2, 0.25) is 0 Å². The lowest BCUT2D eigenvalue weighted by molar-refractivity contribution is -0.384. The minimum absolute atomic E-state index is 0.0655. The first kappa shape index (κ1) is 14.5. The molecule has 1 aromatic rings. The standard InChI is InChI=1S/C14H17NO5/c16-14(17)11-3-7-13(8-4-11)20-9-10-1-5-12(6-2-10)15(18)19/h1-2,5-6,11,13H,3-4,7-9H2,(H,16,17). The average Bonchev–Trinajstić information content (AvgIpc) is 2.46. The number of benzene rings is 1. The van der Waals surface area contributed by atoms with Gasteiger partial charge in [0.2, 0.25) is 0 Å². The number of aliphatic carboxylic acids is 1. The molecule has 0 aromatic heterocycles. The van der Waals surface area contributed by atoms with Crippen molar-refractivity contribution in [2.75, 3.05) is 0 Å². The quantitative estimate of drug-likeness (QED) is 0.661. The fourth-order valence-electron chi connectivity index (χ4n) is 2.40. The topological polar surface area (TPSA) is 89.7 Å². The van der Waals surface area contributed by atoms with Gasteiger partial charge in [0.05, 0.1) is 23.6 Å². The van der Waals surface area contributed by atoms with Crippen LogP contribution in [0, 0.1) is 16.0 Å². The minimum atomic E-state index is -0.723. The summed E-state index contributed by atoms with van der Waals surface area (Å²) in [4.78, 5) is 20.9. The van der Waals surface area contributed by atoms with Crippen LogP contribution in [-0.4, -0.2) is 22.1 Å². The van der Waals surface area contributed by atoms with Crippen LogP contribution in [0.15, 0.2) is 24.3 Å². The average molecular weight is 279 g/mol. The molecule has 20 heavy (non-hydrogen) atoms. The molecule has 0 atom stereocenters. The van der Waals surface area contributed by atoms with Crippen molar-refractivity contribution in [3.05, 3.63) is 39.9 Å². The summed E-state index contributed by atoms with van der Waals surface area (Å²) in [5.41, 5.74) is 0.951. The molecule has 0 amide bonds. The fraction of sp³-hybridized carbons (Fsp3) is 0.500. The Balaban J connectivity index is 1.78. The number of ether oxygens (including phenoxy) is 1. The summed E-state index contributed by atoms with van der Waals surface area (Å²) in [6.07, 6.45) is 2.90. The molecule has 6 nitrogen and oxygen atoms in total. The highest BCUT2D eigenvalue weighted by molar-refractivity contribution is 5.70. The molecule has 1 aromatic carbocycles. The first-order valence-corrected chi connectivity index (χ1v) is 6.64. The van der Waals surface area contributed by atoms with E-state index in [1.807, 2.05) is 0 Å². The summed E-state index contributed by atoms with van der Waals surface area (Å²) >= 11 is 0. The number of nitro groups is 1. The zero-order valence-corrected chi connectivity index (χ0v) is 11.0. The van der Waals surface area contributed by atoms with Crippen LogP contribution < -0.4 is 0 Å². The predicted molar refractivity (Wildman–Crippen MR) is 71.3 cm³/mol. The van der Waals surface area contributed by atoms with Crippen molar-refractivity contribution in [3.8, 4) is 0 Å². The molecule has 6 heteroatoms. The van der Waals surface area contributed by atoms with Gasteiger partial charge in [-0.2, -0.15) is 0 Å². The Kier molecular flexibility index (Phi) is 4.68. The van der Waals surface area contributed by atoms with E-state index in [1.165, 1.54) is 12.1 Å². The molecule has 1 N–H and O–H groups in total. The number of non-ortho nitro benzene ring substituents is 1. The Labute approximate surface area is 116 Å². The molecule has 1 aliphatic rings. The van der Waals surface area contributed by atoms with E-state index < -0.39 is 10.9 Å². The molecule has 1 aliphatic carbocycles. The largest absolute Gasteiger partial charge is 0.481 e. The minimum Gasteiger partial charge on any atom is -0.481 e. The van der Waals surface area contributed by atoms with Crippen molar-refractivity contribution in [1.29, 1.82) is 0 Å². The van der Waals surface area contributed by atoms with Crippen molar-refractivity contribution in [2.45, 2.75) is 38.4 Å². The first-order chi connectivity index (χ1) is 9.56. The SMILES string of the molecule is O=C(O)C1CCC(OCc2ccc([N+](=O)[O-])cc2)CC1. The summed E-state index contributed by atoms with van der Waals surface area (Å²) in [5, 5.41) is 19.4. The van der Waals surface area contributed by atoms with Gasteiger partial charge in [-0.25, -0.2) is 0 Å². The van der Waals surface area contributed by atoms with Crippen molar-refractivity contribution >= 4 is 11.7 Å². The third kappa shape index (κ3) is 3.77. The van der Waals surface area contributed by atoms with Gasteiger partial charge >= 0.3 is 5.97 Å². The highest BCUT2D eigenvalue weighted by Crippen LogP contribution is 2.27. The van der Waals surface area contributed by atoms with Gasteiger partial charge < -0.3 is 9.84 Å². The predicted octanol–water partition coefficient (Wildman–Crippen LogP) is 2.75. The number of hydrogen-bond donors (Lipinski definition) is 1. The number of nitro benzene ring substituents is 1. The molecule has 0 saturated heterocycles. The molecule has 0 radical (unpaired) electrons. The second-order valence-corrected chi connectivity index (χ2v) is 5.05. The Morgan fingerprint density at radius 2 is 1.85 bits per heavy atom. The van der Waals surface area contributed by atoms with Crippen LogP contribution in [0.4, 0.5) is 5.69 Å². The molecule has 0 bridgehead atoms. The number of nitrogens with zero attached hydrogens (tertiary/aromatic N) is 1. The Hall–Kier alpha value is -1.95. The number of carbonyl (C=O) groups is 1. The van der Waals surface area contributed by atoms with Gasteiger partial charge in [0.25, 0.3) is 5.69 Å². The molecule has 1 fully saturated rings. The zero-order valence-electron chi connectivity index (χ0n) is 11.0. The van der Waals surface area contributed by atoms with Crippen LogP contribution in [0.1, 0.15) is 31.2 Å². The van der Waals surface area contributed by atoms with Crippen molar-refractivity contribution in [1.82, 2.24) is 0 Å². The van der Waals surface area contributed by atoms with Gasteiger partial charge in [-0.3, -0.25) is 14.9 Å². The summed E-state index contributed by atoms with van der Waals surface area (Å²) in [7, 11) is 0. The number of hydrogen-bond acceptors (Lipinski definition) is 4. The highest BCUT2D eigenvalue weighted by Gasteiger charge is 2.26. The van der Waals surface area contributed by atoms with Gasteiger partial charge in [-0.05, 0) is 43.4 Å². The Bertz CT molecular complexity index is 477. The summed E-state index contributed by atoms with van der Waals surface area (Å²) in [6, 6.07) is 6.28. The van der Waals surface area contributed by atoms with E-state index in [0.29, 0.717) is 19.4 Å². The van der Waals surface area contributed by atoms with E-state index in [0.717, 1.165) is 18.4 Å². The van der Waals surface area contributed by atoms with E-state index in [1.54, 1.807) is 12.1 Å². The van der Waals surface area contributed by atoms with Gasteiger partial charge in [0.15, 0.2) is 0 Å². The van der Waals surface area contributed by atoms with Gasteiger partial charge in [-0.15, -0.1) is 0 Å². The monoisotopic (exact) mass is 279 g/mol. The lowest BCUT2D eigenvalue weighted by atomic mass is 9.87. The Morgan fingerprint density at radius 3 is 2.35 bits per heavy atom. The molecule has 1 saturated carbocycles. The molecule has 2 rings (SSSR count). The fourth-order valence-corrected chi connectivity index (χ4v) is 2.40. The van der Waals surface area contributed by atoms with Crippen LogP contribution in [-0.2, 0) is 16.1 Å². The maximum absolute atomic E-state index is 10.8. The van der Waals surface area contributed by atoms with Crippen LogP contribution >= 0.6 is 0 Å². The third-order valence-corrected chi connectivity index (χ3v) is 3.66. The maximum atomic E-state index is 10.8. The van der Waals surface area contributed by atoms with Gasteiger partial charge in [-0.1, -0.05) is 0 Å². The molecular formula is C14H17NO5. The zero-order chi connectivity index (χ0) is 14.5. The molecule has 0 aliphatic heterocycles. The van der Waals surface area contributed by atoms with Crippen molar-refractivity contribution in [3.63, 3.8) is 0 Å². The van der Waals surface area contributed by atoms with E-state index >= 15 is 0 Å². The second-order valence-electron chi connectivity index (χ2n) is 5.05. The highest BCUT2D eigenvalue weighted by atomic mass is 16.6. The number of carboxylic acid groups (broad SMARTS) is 1. The van der Waals surface area contributed by atoms with E-state index in [9.17, 15) is 14.9 Å². The van der Waals surface area contributed by atoms with E-state index in [4.69, 9.17) is 9.84 Å². The summed E-state index contributed by atoms with van der Waals surface area (Å²) in [6.45, 7) is 0.403. The van der Waals surface area contributed by atoms with Gasteiger partial charge in [0, 0.05) is 12.1 Å². The van der Waals surface area contributed by atoms with Crippen molar-refractivity contribution in [2.24, 2.45) is 5.92 Å². The molecule has 108 valence electrons. The number of rotatable bonds is 5. The molecular weight excluding hydrogens is 262 g/mol. The van der Waals surface area contributed by atoms with E-state index in [2.05, 4.69) is 0 Å².